The number of benzene rings is 2. The lowest BCUT2D eigenvalue weighted by Crippen LogP contribution is -2.51. The third kappa shape index (κ3) is 11.5. The second-order valence-corrected chi connectivity index (χ2v) is 15.2. The predicted octanol–water partition coefficient (Wildman–Crippen LogP) is 3.76. The average Bonchev–Trinajstić information content (AvgIpc) is 3.24. The van der Waals surface area contributed by atoms with Gasteiger partial charge in [0.25, 0.3) is 22.9 Å². The van der Waals surface area contributed by atoms with Gasteiger partial charge in [0.2, 0.25) is 5.91 Å². The van der Waals surface area contributed by atoms with E-state index in [0.29, 0.717) is 45.5 Å². The monoisotopic (exact) mass is 888 g/mol. The van der Waals surface area contributed by atoms with Crippen LogP contribution in [0.2, 0.25) is 10.0 Å². The first-order valence-corrected chi connectivity index (χ1v) is 20.1. The molecule has 320 valence electrons. The largest absolute Gasteiger partial charge is 0.480 e. The fraction of sp³-hybridized carbons (Fsp3) is 0.227. The number of likely N-dealkylation sites (tertiary alicyclic amines) is 1. The van der Waals surface area contributed by atoms with Crippen molar-refractivity contribution in [1.29, 1.82) is 10.5 Å². The van der Waals surface area contributed by atoms with Gasteiger partial charge in [-0.05, 0) is 71.8 Å². The van der Waals surface area contributed by atoms with Gasteiger partial charge in [0.1, 0.15) is 35.5 Å². The number of carbonyl (C=O) groups excluding carboxylic acids is 3. The molecule has 3 amide bonds. The molecule has 19 heteroatoms. The lowest BCUT2D eigenvalue weighted by atomic mass is 10.0. The maximum Gasteiger partial charge on any atom is 0.323 e. The average molecular weight is 890 g/mol. The fourth-order valence-electron chi connectivity index (χ4n) is 6.31. The molecular formula is C44H38Cl2N10O7. The topological polar surface area (TPSA) is 245 Å². The minimum absolute atomic E-state index is 0.0687. The molecule has 2 aliphatic rings. The van der Waals surface area contributed by atoms with Crippen LogP contribution in [-0.2, 0) is 35.8 Å². The van der Waals surface area contributed by atoms with E-state index in [0.717, 1.165) is 28.8 Å². The quantitative estimate of drug-likeness (QED) is 0.154. The molecule has 8 rings (SSSR count). The van der Waals surface area contributed by atoms with E-state index in [9.17, 15) is 28.8 Å². The second-order valence-electron chi connectivity index (χ2n) is 14.4. The Bertz CT molecular complexity index is 2880. The van der Waals surface area contributed by atoms with Crippen LogP contribution >= 0.6 is 23.2 Å². The molecule has 6 aromatic rings. The highest BCUT2D eigenvalue weighted by molar-refractivity contribution is 6.30. The highest BCUT2D eigenvalue weighted by atomic mass is 35.5. The van der Waals surface area contributed by atoms with Crippen LogP contribution in [0.1, 0.15) is 31.8 Å². The first kappa shape index (κ1) is 45.1. The lowest BCUT2D eigenvalue weighted by Gasteiger charge is -2.35. The number of pyridine rings is 4. The van der Waals surface area contributed by atoms with Gasteiger partial charge in [-0.25, -0.2) is 9.97 Å². The van der Waals surface area contributed by atoms with Gasteiger partial charge >= 0.3 is 5.97 Å². The van der Waals surface area contributed by atoms with Crippen molar-refractivity contribution in [3.05, 3.63) is 150 Å². The summed E-state index contributed by atoms with van der Waals surface area (Å²) >= 11 is 11.7. The first-order valence-electron chi connectivity index (χ1n) is 19.4. The van der Waals surface area contributed by atoms with E-state index >= 15 is 0 Å². The summed E-state index contributed by atoms with van der Waals surface area (Å²) in [6, 6.07) is 27.8. The van der Waals surface area contributed by atoms with Crippen molar-refractivity contribution in [2.24, 2.45) is 11.8 Å². The van der Waals surface area contributed by atoms with Crippen LogP contribution in [0.5, 0.6) is 0 Å². The normalized spacial score (nSPS) is 13.1. The summed E-state index contributed by atoms with van der Waals surface area (Å²) in [7, 11) is 0. The van der Waals surface area contributed by atoms with Crippen molar-refractivity contribution in [1.82, 2.24) is 40.0 Å². The Morgan fingerprint density at radius 3 is 1.52 bits per heavy atom. The Hall–Kier alpha value is -7.44. The highest BCUT2D eigenvalue weighted by Crippen LogP contribution is 2.17. The Balaban J connectivity index is 0.000000187. The minimum atomic E-state index is -1.20. The zero-order valence-electron chi connectivity index (χ0n) is 33.3. The van der Waals surface area contributed by atoms with Crippen molar-refractivity contribution in [3.63, 3.8) is 0 Å². The highest BCUT2D eigenvalue weighted by Gasteiger charge is 2.31. The van der Waals surface area contributed by atoms with Crippen LogP contribution in [0.25, 0.3) is 22.1 Å². The molecule has 0 atom stereocenters. The van der Waals surface area contributed by atoms with E-state index < -0.39 is 35.4 Å². The van der Waals surface area contributed by atoms with Crippen molar-refractivity contribution >= 4 is 69.0 Å². The number of nitrogens with zero attached hydrogens (tertiary/aromatic N) is 7. The number of hydrogen-bond acceptors (Lipinski definition) is 11. The molecule has 2 aliphatic heterocycles. The summed E-state index contributed by atoms with van der Waals surface area (Å²) in [5, 5.41) is 36.7. The van der Waals surface area contributed by atoms with E-state index in [1.807, 2.05) is 0 Å². The number of fused-ring (bicyclic) bond motifs is 2. The van der Waals surface area contributed by atoms with Gasteiger partial charge < -0.3 is 26.0 Å². The summed E-state index contributed by atoms with van der Waals surface area (Å²) in [5.41, 5.74) is 0.692. The number of carboxylic acids is 1. The molecule has 2 saturated heterocycles. The predicted molar refractivity (Wildman–Crippen MR) is 233 cm³/mol. The van der Waals surface area contributed by atoms with Gasteiger partial charge in [-0.15, -0.1) is 0 Å². The Kier molecular flexibility index (Phi) is 15.0. The number of carboxylic acid groups (broad SMARTS) is 1. The molecule has 2 aromatic carbocycles. The van der Waals surface area contributed by atoms with Crippen LogP contribution < -0.4 is 27.1 Å². The van der Waals surface area contributed by atoms with Gasteiger partial charge in [-0.1, -0.05) is 47.5 Å². The third-order valence-corrected chi connectivity index (χ3v) is 10.4. The summed E-state index contributed by atoms with van der Waals surface area (Å²) in [4.78, 5) is 84.4. The van der Waals surface area contributed by atoms with E-state index in [2.05, 4.69) is 38.1 Å². The lowest BCUT2D eigenvalue weighted by molar-refractivity contribution is -0.138. The molecule has 0 saturated carbocycles. The Morgan fingerprint density at radius 2 is 1.14 bits per heavy atom. The fourth-order valence-corrected chi connectivity index (χ4v) is 6.56. The maximum atomic E-state index is 13.1. The number of amides is 3. The number of carbonyl (C=O) groups is 4. The molecule has 0 unspecified atom stereocenters. The molecule has 0 radical (unpaired) electrons. The molecule has 4 N–H and O–H groups in total. The van der Waals surface area contributed by atoms with Gasteiger partial charge in [0.05, 0.1) is 24.0 Å². The molecule has 17 nitrogen and oxygen atoms in total. The Labute approximate surface area is 369 Å². The van der Waals surface area contributed by atoms with Crippen LogP contribution in [0.15, 0.2) is 107 Å². The van der Waals surface area contributed by atoms with Crippen LogP contribution in [0.4, 0.5) is 0 Å². The minimum Gasteiger partial charge on any atom is -0.480 e. The number of rotatable bonds is 10. The number of halogens is 2. The van der Waals surface area contributed by atoms with E-state index in [1.54, 1.807) is 72.8 Å². The van der Waals surface area contributed by atoms with Crippen molar-refractivity contribution < 1.29 is 24.3 Å². The van der Waals surface area contributed by atoms with Crippen molar-refractivity contribution in [2.45, 2.75) is 26.2 Å². The number of hydrogen-bond donors (Lipinski definition) is 4. The van der Waals surface area contributed by atoms with Crippen LogP contribution in [0.3, 0.4) is 0 Å². The van der Waals surface area contributed by atoms with Crippen LogP contribution in [-0.4, -0.2) is 79.0 Å². The number of aromatic nitrogens is 4. The van der Waals surface area contributed by atoms with E-state index in [1.165, 1.54) is 34.0 Å². The number of nitriles is 2. The van der Waals surface area contributed by atoms with Gasteiger partial charge in [-0.2, -0.15) is 10.5 Å². The summed E-state index contributed by atoms with van der Waals surface area (Å²) in [5.74, 6) is -2.49. The summed E-state index contributed by atoms with van der Waals surface area (Å²) in [6.45, 7) is 2.09. The maximum absolute atomic E-state index is 13.1. The van der Waals surface area contributed by atoms with Crippen molar-refractivity contribution in [2.75, 3.05) is 26.2 Å². The zero-order valence-corrected chi connectivity index (χ0v) is 34.8. The molecule has 6 heterocycles. The molecule has 0 aliphatic carbocycles. The standard InChI is InChI=1S/C22H18ClN5O3.C18H14ClN3O4.C4H6N2/c23-17-5-3-14(4-6-17)10-26-21(30)18-8-16-2-1-7-25-20(16)28(22(18)31)13-19(29)27-11-15(9-24)12-27;19-13-5-3-11(4-6-13)9-21-17(25)14-8-12-2-1-7-20-16(12)22(18(14)26)10-15(23)24;5-1-4-2-6-3-4/h1-8,15H,10-13H2,(H,26,30);1-8H,9-10H2,(H,21,25)(H,23,24);4,6H,2-3H2. The molecule has 0 bridgehead atoms. The zero-order chi connectivity index (χ0) is 45.0. The molecular weight excluding hydrogens is 851 g/mol. The number of aliphatic carboxylic acids is 1. The molecule has 4 aromatic heterocycles. The molecule has 0 spiro atoms. The van der Waals surface area contributed by atoms with Gasteiger partial charge in [0, 0.05) is 72.5 Å². The SMILES string of the molecule is N#CC1CN(C(=O)Cn2c(=O)c(C(=O)NCc3ccc(Cl)cc3)cc3cccnc32)C1.N#CC1CNC1.O=C(O)Cn1c(=O)c(C(=O)NCc2ccc(Cl)cc2)cc2cccnc21. The third-order valence-electron chi connectivity index (χ3n) is 9.89. The van der Waals surface area contributed by atoms with Gasteiger partial charge in [-0.3, -0.25) is 37.9 Å². The molecule has 63 heavy (non-hydrogen) atoms. The van der Waals surface area contributed by atoms with Crippen molar-refractivity contribution in [3.8, 4) is 12.1 Å². The summed E-state index contributed by atoms with van der Waals surface area (Å²) in [6.07, 6.45) is 2.98. The van der Waals surface area contributed by atoms with Crippen LogP contribution in [0, 0.1) is 34.5 Å². The number of nitrogens with one attached hydrogen (secondary N) is 3. The van der Waals surface area contributed by atoms with E-state index in [4.69, 9.17) is 38.8 Å². The summed E-state index contributed by atoms with van der Waals surface area (Å²) < 4.78 is 2.20. The molecule has 2 fully saturated rings. The smallest absolute Gasteiger partial charge is 0.323 e. The first-order chi connectivity index (χ1) is 30.3. The van der Waals surface area contributed by atoms with E-state index in [-0.39, 0.29) is 48.2 Å². The second kappa shape index (κ2) is 20.9. The van der Waals surface area contributed by atoms with Gasteiger partial charge in [0.15, 0.2) is 0 Å². The Morgan fingerprint density at radius 1 is 0.698 bits per heavy atom.